The summed E-state index contributed by atoms with van der Waals surface area (Å²) in [6.45, 7) is 0. The summed E-state index contributed by atoms with van der Waals surface area (Å²) in [6.07, 6.45) is 0. The van der Waals surface area contributed by atoms with Crippen molar-refractivity contribution in [3.05, 3.63) is 78.8 Å². The molecule has 2 aromatic carbocycles. The van der Waals surface area contributed by atoms with Crippen molar-refractivity contribution in [2.75, 3.05) is 14.2 Å². The molecule has 11 heteroatoms. The summed E-state index contributed by atoms with van der Waals surface area (Å²) in [7, 11) is 2.70. The molecule has 0 unspecified atom stereocenters. The molecule has 0 spiro atoms. The molecule has 170 valence electrons. The lowest BCUT2D eigenvalue weighted by atomic mass is 9.78. The highest BCUT2D eigenvalue weighted by atomic mass is 79.9. The zero-order chi connectivity index (χ0) is 24.1. The number of halogens is 1. The molecule has 0 saturated carbocycles. The standard InChI is InChI=1S/C22H18BrN3O6S/c1-31-17-8-5-13(9-16(17)23)18-15(10-24)21(25-20(27)19(18)22(28)32-2)33-11-12-3-6-14(7-4-12)26(29)30/h3-9,18-19H,11H2,1-2H3,(H,25,27)/t18-,19-/m0/s1. The molecular weight excluding hydrogens is 514 g/mol. The summed E-state index contributed by atoms with van der Waals surface area (Å²) in [6, 6.07) is 13.2. The second-order valence-electron chi connectivity index (χ2n) is 6.93. The number of amides is 1. The first-order valence-corrected chi connectivity index (χ1v) is 11.3. The van der Waals surface area contributed by atoms with Crippen LogP contribution in [0.5, 0.6) is 5.75 Å². The fraction of sp³-hybridized carbons (Fsp3) is 0.227. The molecule has 33 heavy (non-hydrogen) atoms. The average molecular weight is 532 g/mol. The minimum atomic E-state index is -1.24. The first-order chi connectivity index (χ1) is 15.8. The SMILES string of the molecule is COC(=O)[C@@H]1C(=O)NC(SCc2ccc([N+](=O)[O-])cc2)=C(C#N)[C@@H]1c1ccc(OC)c(Br)c1. The molecule has 3 rings (SSSR count). The first kappa shape index (κ1) is 24.3. The lowest BCUT2D eigenvalue weighted by Gasteiger charge is -2.31. The summed E-state index contributed by atoms with van der Waals surface area (Å²) >= 11 is 4.60. The number of hydrogen-bond acceptors (Lipinski definition) is 8. The van der Waals surface area contributed by atoms with Crippen LogP contribution in [0, 0.1) is 27.4 Å². The number of thioether (sulfide) groups is 1. The van der Waals surface area contributed by atoms with Crippen LogP contribution in [0.4, 0.5) is 5.69 Å². The van der Waals surface area contributed by atoms with Gasteiger partial charge in [0.1, 0.15) is 11.7 Å². The maximum absolute atomic E-state index is 12.9. The van der Waals surface area contributed by atoms with Crippen molar-refractivity contribution in [1.82, 2.24) is 5.32 Å². The third-order valence-corrected chi connectivity index (χ3v) is 6.76. The monoisotopic (exact) mass is 531 g/mol. The van der Waals surface area contributed by atoms with Gasteiger partial charge in [-0.1, -0.05) is 18.2 Å². The Morgan fingerprint density at radius 1 is 1.27 bits per heavy atom. The number of nitriles is 1. The van der Waals surface area contributed by atoms with Crippen LogP contribution in [-0.4, -0.2) is 31.0 Å². The van der Waals surface area contributed by atoms with Gasteiger partial charge in [0, 0.05) is 23.8 Å². The predicted molar refractivity (Wildman–Crippen MR) is 124 cm³/mol. The minimum Gasteiger partial charge on any atom is -0.496 e. The highest BCUT2D eigenvalue weighted by molar-refractivity contribution is 9.10. The van der Waals surface area contributed by atoms with Crippen molar-refractivity contribution in [2.24, 2.45) is 5.92 Å². The predicted octanol–water partition coefficient (Wildman–Crippen LogP) is 4.04. The molecular formula is C22H18BrN3O6S. The number of esters is 1. The van der Waals surface area contributed by atoms with Crippen molar-refractivity contribution in [3.63, 3.8) is 0 Å². The highest BCUT2D eigenvalue weighted by Crippen LogP contribution is 2.42. The molecule has 1 aliphatic heterocycles. The number of nitro groups is 1. The van der Waals surface area contributed by atoms with Gasteiger partial charge in [0.15, 0.2) is 0 Å². The van der Waals surface area contributed by atoms with Crippen molar-refractivity contribution in [3.8, 4) is 11.8 Å². The van der Waals surface area contributed by atoms with Gasteiger partial charge in [0.25, 0.3) is 5.69 Å². The smallest absolute Gasteiger partial charge is 0.319 e. The number of hydrogen-bond donors (Lipinski definition) is 1. The van der Waals surface area contributed by atoms with E-state index < -0.39 is 28.6 Å². The van der Waals surface area contributed by atoms with E-state index in [1.54, 1.807) is 30.3 Å². The Kier molecular flexibility index (Phi) is 7.73. The maximum Gasteiger partial charge on any atom is 0.319 e. The van der Waals surface area contributed by atoms with Crippen LogP contribution in [-0.2, 0) is 20.1 Å². The first-order valence-electron chi connectivity index (χ1n) is 9.53. The molecule has 0 radical (unpaired) electrons. The second kappa shape index (κ2) is 10.5. The number of allylic oxidation sites excluding steroid dienone is 1. The van der Waals surface area contributed by atoms with E-state index in [1.807, 2.05) is 0 Å². The van der Waals surface area contributed by atoms with E-state index >= 15 is 0 Å². The number of non-ortho nitro benzene ring substituents is 1. The number of nitrogens with zero attached hydrogens (tertiary/aromatic N) is 2. The molecule has 0 aliphatic carbocycles. The molecule has 0 fully saturated rings. The third-order valence-electron chi connectivity index (χ3n) is 5.05. The maximum atomic E-state index is 12.9. The van der Waals surface area contributed by atoms with E-state index in [2.05, 4.69) is 27.3 Å². The number of methoxy groups -OCH3 is 2. The van der Waals surface area contributed by atoms with E-state index in [0.29, 0.717) is 26.6 Å². The fourth-order valence-corrected chi connectivity index (χ4v) is 4.99. The fourth-order valence-electron chi connectivity index (χ4n) is 3.43. The number of carbonyl (C=O) groups excluding carboxylic acids is 2. The van der Waals surface area contributed by atoms with Crippen LogP contribution in [0.3, 0.4) is 0 Å². The van der Waals surface area contributed by atoms with Gasteiger partial charge in [0.05, 0.1) is 40.3 Å². The minimum absolute atomic E-state index is 0.0299. The molecule has 1 N–H and O–H groups in total. The zero-order valence-corrected chi connectivity index (χ0v) is 19.9. The summed E-state index contributed by atoms with van der Waals surface area (Å²) < 4.78 is 10.7. The Balaban J connectivity index is 2.00. The van der Waals surface area contributed by atoms with Gasteiger partial charge in [-0.25, -0.2) is 0 Å². The second-order valence-corrected chi connectivity index (χ2v) is 8.77. The molecule has 0 aromatic heterocycles. The number of nitro benzene ring substituents is 1. The van der Waals surface area contributed by atoms with Gasteiger partial charge < -0.3 is 14.8 Å². The number of benzene rings is 2. The van der Waals surface area contributed by atoms with Crippen molar-refractivity contribution in [1.29, 1.82) is 5.26 Å². The Labute approximate surface area is 202 Å². The van der Waals surface area contributed by atoms with E-state index in [1.165, 1.54) is 38.1 Å². The van der Waals surface area contributed by atoms with Gasteiger partial charge >= 0.3 is 5.97 Å². The summed E-state index contributed by atoms with van der Waals surface area (Å²) in [4.78, 5) is 35.8. The van der Waals surface area contributed by atoms with E-state index in [4.69, 9.17) is 9.47 Å². The van der Waals surface area contributed by atoms with Crippen LogP contribution < -0.4 is 10.1 Å². The molecule has 0 bridgehead atoms. The number of rotatable bonds is 7. The van der Waals surface area contributed by atoms with Crippen molar-refractivity contribution in [2.45, 2.75) is 11.7 Å². The molecule has 2 aromatic rings. The van der Waals surface area contributed by atoms with Crippen LogP contribution >= 0.6 is 27.7 Å². The molecule has 1 heterocycles. The zero-order valence-electron chi connectivity index (χ0n) is 17.5. The van der Waals surface area contributed by atoms with Crippen molar-refractivity contribution < 1.29 is 24.0 Å². The summed E-state index contributed by atoms with van der Waals surface area (Å²) in [5.41, 5.74) is 1.52. The molecule has 1 aliphatic rings. The average Bonchev–Trinajstić information content (AvgIpc) is 2.81. The Hall–Kier alpha value is -3.36. The van der Waals surface area contributed by atoms with Gasteiger partial charge in [-0.05, 0) is 39.2 Å². The number of ether oxygens (including phenoxy) is 2. The highest BCUT2D eigenvalue weighted by Gasteiger charge is 2.44. The number of nitrogens with one attached hydrogen (secondary N) is 1. The quantitative estimate of drug-likeness (QED) is 0.245. The van der Waals surface area contributed by atoms with Gasteiger partial charge in [-0.2, -0.15) is 5.26 Å². The molecule has 9 nitrogen and oxygen atoms in total. The number of carbonyl (C=O) groups is 2. The Morgan fingerprint density at radius 3 is 2.52 bits per heavy atom. The van der Waals surface area contributed by atoms with Gasteiger partial charge in [-0.3, -0.25) is 19.7 Å². The topological polar surface area (TPSA) is 132 Å². The normalized spacial score (nSPS) is 17.7. The molecule has 0 saturated heterocycles. The third kappa shape index (κ3) is 5.18. The van der Waals surface area contributed by atoms with Crippen LogP contribution in [0.25, 0.3) is 0 Å². The lowest BCUT2D eigenvalue weighted by Crippen LogP contribution is -2.44. The molecule has 2 atom stereocenters. The van der Waals surface area contributed by atoms with Crippen LogP contribution in [0.2, 0.25) is 0 Å². The largest absolute Gasteiger partial charge is 0.496 e. The van der Waals surface area contributed by atoms with E-state index in [-0.39, 0.29) is 11.3 Å². The lowest BCUT2D eigenvalue weighted by molar-refractivity contribution is -0.384. The summed E-state index contributed by atoms with van der Waals surface area (Å²) in [5, 5.41) is 23.8. The van der Waals surface area contributed by atoms with Gasteiger partial charge in [-0.15, -0.1) is 11.8 Å². The van der Waals surface area contributed by atoms with E-state index in [0.717, 1.165) is 5.56 Å². The Bertz CT molecular complexity index is 1180. The van der Waals surface area contributed by atoms with Crippen molar-refractivity contribution >= 4 is 45.3 Å². The van der Waals surface area contributed by atoms with Crippen LogP contribution in [0.15, 0.2) is 57.5 Å². The molecule has 1 amide bonds. The summed E-state index contributed by atoms with van der Waals surface area (Å²) in [5.74, 6) is -2.53. The Morgan fingerprint density at radius 2 is 1.97 bits per heavy atom. The van der Waals surface area contributed by atoms with Crippen LogP contribution in [0.1, 0.15) is 17.0 Å². The van der Waals surface area contributed by atoms with Gasteiger partial charge in [0.2, 0.25) is 5.91 Å². The van der Waals surface area contributed by atoms with E-state index in [9.17, 15) is 25.0 Å².